The maximum absolute atomic E-state index is 12.7. The first-order chi connectivity index (χ1) is 16.9. The third kappa shape index (κ3) is 6.45. The minimum absolute atomic E-state index is 0.101. The largest absolute Gasteiger partial charge is 0.493 e. The van der Waals surface area contributed by atoms with Gasteiger partial charge in [-0.3, -0.25) is 14.9 Å². The lowest BCUT2D eigenvalue weighted by Crippen LogP contribution is -2.14. The molecular formula is C22H24N4O7S2. The van der Waals surface area contributed by atoms with Gasteiger partial charge in [0.25, 0.3) is 5.91 Å². The Kier molecular flexibility index (Phi) is 8.98. The van der Waals surface area contributed by atoms with Crippen LogP contribution in [-0.2, 0) is 4.79 Å². The lowest BCUT2D eigenvalue weighted by molar-refractivity contribution is -0.113. The quantitative estimate of drug-likeness (QED) is 0.286. The van der Waals surface area contributed by atoms with Gasteiger partial charge in [-0.15, -0.1) is 10.2 Å². The lowest BCUT2D eigenvalue weighted by atomic mass is 10.1. The van der Waals surface area contributed by atoms with Gasteiger partial charge in [0.15, 0.2) is 27.3 Å². The number of aromatic nitrogens is 2. The number of nitrogens with one attached hydrogen (secondary N) is 2. The molecule has 0 saturated heterocycles. The van der Waals surface area contributed by atoms with Crippen molar-refractivity contribution in [3.63, 3.8) is 0 Å². The molecule has 13 heteroatoms. The van der Waals surface area contributed by atoms with E-state index in [1.807, 2.05) is 0 Å². The predicted molar refractivity (Wildman–Crippen MR) is 133 cm³/mol. The van der Waals surface area contributed by atoms with Gasteiger partial charge < -0.3 is 29.0 Å². The molecule has 0 saturated carbocycles. The van der Waals surface area contributed by atoms with Crippen molar-refractivity contribution in [2.45, 2.75) is 4.34 Å². The number of methoxy groups -OCH3 is 5. The number of amides is 2. The van der Waals surface area contributed by atoms with Gasteiger partial charge in [-0.25, -0.2) is 0 Å². The van der Waals surface area contributed by atoms with E-state index in [1.54, 1.807) is 18.2 Å². The van der Waals surface area contributed by atoms with Crippen LogP contribution in [0.15, 0.2) is 34.7 Å². The summed E-state index contributed by atoms with van der Waals surface area (Å²) in [5.41, 5.74) is 0.863. The van der Waals surface area contributed by atoms with Crippen LogP contribution in [0.25, 0.3) is 0 Å². The Balaban J connectivity index is 1.59. The van der Waals surface area contributed by atoms with E-state index >= 15 is 0 Å². The van der Waals surface area contributed by atoms with Gasteiger partial charge in [0.2, 0.25) is 16.8 Å². The number of nitrogens with zero attached hydrogens (tertiary/aromatic N) is 2. The van der Waals surface area contributed by atoms with Crippen LogP contribution in [0.4, 0.5) is 10.8 Å². The highest BCUT2D eigenvalue weighted by molar-refractivity contribution is 8.01. The van der Waals surface area contributed by atoms with Crippen molar-refractivity contribution >= 4 is 45.7 Å². The van der Waals surface area contributed by atoms with Gasteiger partial charge >= 0.3 is 0 Å². The van der Waals surface area contributed by atoms with E-state index in [2.05, 4.69) is 20.8 Å². The number of carbonyl (C=O) groups excluding carboxylic acids is 2. The fourth-order valence-electron chi connectivity index (χ4n) is 2.94. The Morgan fingerprint density at radius 1 is 0.829 bits per heavy atom. The molecule has 0 unspecified atom stereocenters. The number of ether oxygens (including phenoxy) is 5. The Morgan fingerprint density at radius 3 is 2.09 bits per heavy atom. The van der Waals surface area contributed by atoms with Crippen LogP contribution in [0.1, 0.15) is 10.4 Å². The summed E-state index contributed by atoms with van der Waals surface area (Å²) in [6.45, 7) is 0. The topological polar surface area (TPSA) is 130 Å². The van der Waals surface area contributed by atoms with Crippen LogP contribution in [0, 0.1) is 0 Å². The fraction of sp³-hybridized carbons (Fsp3) is 0.273. The zero-order chi connectivity index (χ0) is 25.4. The van der Waals surface area contributed by atoms with Gasteiger partial charge in [0, 0.05) is 17.3 Å². The van der Waals surface area contributed by atoms with Gasteiger partial charge in [0.1, 0.15) is 0 Å². The highest BCUT2D eigenvalue weighted by Crippen LogP contribution is 2.38. The van der Waals surface area contributed by atoms with Crippen molar-refractivity contribution in [2.75, 3.05) is 51.9 Å². The molecule has 3 aromatic rings. The van der Waals surface area contributed by atoms with Gasteiger partial charge in [-0.1, -0.05) is 23.1 Å². The molecule has 0 aliphatic rings. The molecule has 3 rings (SSSR count). The van der Waals surface area contributed by atoms with E-state index < -0.39 is 5.91 Å². The van der Waals surface area contributed by atoms with Crippen molar-refractivity contribution in [3.05, 3.63) is 35.9 Å². The molecule has 0 fully saturated rings. The van der Waals surface area contributed by atoms with Crippen LogP contribution in [0.5, 0.6) is 28.7 Å². The van der Waals surface area contributed by atoms with Gasteiger partial charge in [-0.2, -0.15) is 0 Å². The van der Waals surface area contributed by atoms with E-state index in [4.69, 9.17) is 23.7 Å². The third-order valence-corrected chi connectivity index (χ3v) is 6.52. The molecule has 1 heterocycles. The summed E-state index contributed by atoms with van der Waals surface area (Å²) < 4.78 is 26.8. The average Bonchev–Trinajstić information content (AvgIpc) is 3.33. The average molecular weight is 521 g/mol. The second kappa shape index (κ2) is 12.1. The first kappa shape index (κ1) is 25.9. The molecule has 0 bridgehead atoms. The van der Waals surface area contributed by atoms with Crippen LogP contribution in [-0.4, -0.2) is 63.3 Å². The van der Waals surface area contributed by atoms with E-state index in [1.165, 1.54) is 59.4 Å². The molecule has 0 spiro atoms. The number of hydrogen-bond donors (Lipinski definition) is 2. The predicted octanol–water partition coefficient (Wildman–Crippen LogP) is 3.56. The molecule has 11 nitrogen and oxygen atoms in total. The first-order valence-corrected chi connectivity index (χ1v) is 11.8. The minimum atomic E-state index is -0.428. The lowest BCUT2D eigenvalue weighted by Gasteiger charge is -2.13. The second-order valence-corrected chi connectivity index (χ2v) is 8.85. The van der Waals surface area contributed by atoms with Crippen molar-refractivity contribution < 1.29 is 33.3 Å². The summed E-state index contributed by atoms with van der Waals surface area (Å²) in [7, 11) is 7.47. The smallest absolute Gasteiger partial charge is 0.257 e. The SMILES string of the molecule is COc1ccc(NC(=O)CSc2nnc(NC(=O)c3cc(OC)c(OC)c(OC)c3)s2)cc1OC. The maximum atomic E-state index is 12.7. The highest BCUT2D eigenvalue weighted by atomic mass is 32.2. The number of anilines is 2. The molecular weight excluding hydrogens is 496 g/mol. The van der Waals surface area contributed by atoms with Crippen LogP contribution in [0.2, 0.25) is 0 Å². The third-order valence-electron chi connectivity index (χ3n) is 4.55. The molecule has 0 aliphatic heterocycles. The second-order valence-electron chi connectivity index (χ2n) is 6.65. The normalized spacial score (nSPS) is 10.3. The summed E-state index contributed by atoms with van der Waals surface area (Å²) in [4.78, 5) is 25.0. The summed E-state index contributed by atoms with van der Waals surface area (Å²) in [5.74, 6) is 1.60. The Hall–Kier alpha value is -3.71. The van der Waals surface area contributed by atoms with E-state index in [0.717, 1.165) is 11.3 Å². The molecule has 0 radical (unpaired) electrons. The van der Waals surface area contributed by atoms with E-state index in [9.17, 15) is 9.59 Å². The molecule has 2 N–H and O–H groups in total. The molecule has 1 aromatic heterocycles. The molecule has 35 heavy (non-hydrogen) atoms. The Bertz CT molecular complexity index is 1180. The van der Waals surface area contributed by atoms with Gasteiger partial charge in [0.05, 0.1) is 41.3 Å². The molecule has 2 amide bonds. The maximum Gasteiger partial charge on any atom is 0.257 e. The monoisotopic (exact) mass is 520 g/mol. The minimum Gasteiger partial charge on any atom is -0.493 e. The fourth-order valence-corrected chi connectivity index (χ4v) is 4.49. The van der Waals surface area contributed by atoms with Crippen molar-refractivity contribution in [3.8, 4) is 28.7 Å². The summed E-state index contributed by atoms with van der Waals surface area (Å²) in [5, 5.41) is 13.7. The number of thioether (sulfide) groups is 1. The summed E-state index contributed by atoms with van der Waals surface area (Å²) in [6, 6.07) is 8.15. The highest BCUT2D eigenvalue weighted by Gasteiger charge is 2.18. The number of carbonyl (C=O) groups is 2. The number of benzene rings is 2. The Labute approximate surface area is 210 Å². The number of rotatable bonds is 11. The van der Waals surface area contributed by atoms with E-state index in [0.29, 0.717) is 44.3 Å². The van der Waals surface area contributed by atoms with Crippen LogP contribution in [0.3, 0.4) is 0 Å². The van der Waals surface area contributed by atoms with Crippen molar-refractivity contribution in [1.29, 1.82) is 0 Å². The van der Waals surface area contributed by atoms with Crippen molar-refractivity contribution in [1.82, 2.24) is 10.2 Å². The summed E-state index contributed by atoms with van der Waals surface area (Å²) in [6.07, 6.45) is 0. The molecule has 0 atom stereocenters. The van der Waals surface area contributed by atoms with Crippen LogP contribution < -0.4 is 34.3 Å². The molecule has 0 aliphatic carbocycles. The molecule has 2 aromatic carbocycles. The number of hydrogen-bond acceptors (Lipinski definition) is 11. The van der Waals surface area contributed by atoms with E-state index in [-0.39, 0.29) is 16.8 Å². The standard InChI is InChI=1S/C22H24N4O7S2/c1-29-14-7-6-13(10-15(14)30-2)23-18(27)11-34-22-26-25-21(35-22)24-20(28)12-8-16(31-3)19(33-5)17(9-12)32-4/h6-10H,11H2,1-5H3,(H,23,27)(H,24,25,28). The zero-order valence-corrected chi connectivity index (χ0v) is 21.3. The first-order valence-electron chi connectivity index (χ1n) is 10.0. The Morgan fingerprint density at radius 2 is 1.49 bits per heavy atom. The van der Waals surface area contributed by atoms with Crippen molar-refractivity contribution in [2.24, 2.45) is 0 Å². The molecule has 186 valence electrons. The van der Waals surface area contributed by atoms with Gasteiger partial charge in [-0.05, 0) is 24.3 Å². The van der Waals surface area contributed by atoms with Crippen LogP contribution >= 0.6 is 23.1 Å². The summed E-state index contributed by atoms with van der Waals surface area (Å²) >= 11 is 2.34. The zero-order valence-electron chi connectivity index (χ0n) is 19.7.